The van der Waals surface area contributed by atoms with Gasteiger partial charge in [-0.1, -0.05) is 56.8 Å². The van der Waals surface area contributed by atoms with Crippen molar-refractivity contribution in [2.24, 2.45) is 0 Å². The third-order valence-corrected chi connectivity index (χ3v) is 5.90. The Morgan fingerprint density at radius 2 is 1.92 bits per heavy atom. The lowest BCUT2D eigenvalue weighted by molar-refractivity contribution is 0.532. The lowest BCUT2D eigenvalue weighted by Gasteiger charge is -2.19. The molecule has 1 aromatic carbocycles. The lowest BCUT2D eigenvalue weighted by atomic mass is 9.86. The second-order valence-electron chi connectivity index (χ2n) is 6.95. The SMILES string of the molecule is Cc1sc2nc(SCCF)[nH]c(=O)c2c1-c1ccc(C(C)(C)C)cc1. The number of hydrogen-bond acceptors (Lipinski definition) is 4. The highest BCUT2D eigenvalue weighted by atomic mass is 32.2. The van der Waals surface area contributed by atoms with Crippen molar-refractivity contribution in [1.29, 1.82) is 0 Å². The van der Waals surface area contributed by atoms with Crippen molar-refractivity contribution in [3.8, 4) is 11.1 Å². The van der Waals surface area contributed by atoms with E-state index >= 15 is 0 Å². The van der Waals surface area contributed by atoms with Crippen molar-refractivity contribution in [2.45, 2.75) is 38.3 Å². The van der Waals surface area contributed by atoms with Crippen LogP contribution in [0.15, 0.2) is 34.2 Å². The molecule has 0 saturated heterocycles. The van der Waals surface area contributed by atoms with Crippen LogP contribution in [0, 0.1) is 6.92 Å². The summed E-state index contributed by atoms with van der Waals surface area (Å²) in [6.45, 7) is 8.10. The molecule has 0 spiro atoms. The van der Waals surface area contributed by atoms with Crippen molar-refractivity contribution in [3.63, 3.8) is 0 Å². The van der Waals surface area contributed by atoms with E-state index in [0.29, 0.717) is 21.1 Å². The average Bonchev–Trinajstić information content (AvgIpc) is 2.88. The molecular formula is C19H21FN2OS2. The maximum Gasteiger partial charge on any atom is 0.260 e. The Hall–Kier alpha value is -1.66. The van der Waals surface area contributed by atoms with Gasteiger partial charge in [-0.15, -0.1) is 11.3 Å². The van der Waals surface area contributed by atoms with Crippen molar-refractivity contribution < 1.29 is 4.39 Å². The van der Waals surface area contributed by atoms with Crippen molar-refractivity contribution in [2.75, 3.05) is 12.4 Å². The van der Waals surface area contributed by atoms with Crippen LogP contribution < -0.4 is 5.56 Å². The number of benzene rings is 1. The maximum atomic E-state index is 12.6. The molecule has 0 aliphatic rings. The first-order valence-corrected chi connectivity index (χ1v) is 9.94. The number of nitrogens with zero attached hydrogens (tertiary/aromatic N) is 1. The highest BCUT2D eigenvalue weighted by Crippen LogP contribution is 2.36. The highest BCUT2D eigenvalue weighted by Gasteiger charge is 2.18. The molecule has 0 fully saturated rings. The number of halogens is 1. The number of aromatic amines is 1. The number of alkyl halides is 1. The van der Waals surface area contributed by atoms with Gasteiger partial charge in [0.25, 0.3) is 5.56 Å². The van der Waals surface area contributed by atoms with Crippen LogP contribution in [0.3, 0.4) is 0 Å². The summed E-state index contributed by atoms with van der Waals surface area (Å²) in [5, 5.41) is 1.10. The summed E-state index contributed by atoms with van der Waals surface area (Å²) in [4.78, 5) is 21.6. The van der Waals surface area contributed by atoms with E-state index in [4.69, 9.17) is 0 Å². The normalized spacial score (nSPS) is 12.0. The zero-order valence-electron chi connectivity index (χ0n) is 14.8. The second kappa shape index (κ2) is 6.92. The zero-order valence-corrected chi connectivity index (χ0v) is 16.4. The molecule has 1 N–H and O–H groups in total. The van der Waals surface area contributed by atoms with Crippen LogP contribution in [0.1, 0.15) is 31.2 Å². The van der Waals surface area contributed by atoms with Gasteiger partial charge >= 0.3 is 0 Å². The van der Waals surface area contributed by atoms with Gasteiger partial charge in [-0.05, 0) is 23.5 Å². The predicted octanol–water partition coefficient (Wildman–Crippen LogP) is 5.32. The number of rotatable bonds is 4. The number of thiophene rings is 1. The minimum absolute atomic E-state index is 0.0891. The van der Waals surface area contributed by atoms with E-state index in [1.807, 2.05) is 6.92 Å². The molecule has 0 unspecified atom stereocenters. The summed E-state index contributed by atoms with van der Waals surface area (Å²) in [7, 11) is 0. The number of thioether (sulfide) groups is 1. The Balaban J connectivity index is 2.10. The quantitative estimate of drug-likeness (QED) is 0.495. The summed E-state index contributed by atoms with van der Waals surface area (Å²) >= 11 is 2.74. The fraction of sp³-hybridized carbons (Fsp3) is 0.368. The van der Waals surface area contributed by atoms with Gasteiger partial charge in [0, 0.05) is 16.2 Å². The Labute approximate surface area is 154 Å². The standard InChI is InChI=1S/C19H21FN2OS2/c1-11-14(12-5-7-13(8-6-12)19(2,3)4)15-16(23)21-18(24-10-9-20)22-17(15)25-11/h5-8H,9-10H2,1-4H3,(H,21,22,23). The Kier molecular flexibility index (Phi) is 5.02. The van der Waals surface area contributed by atoms with Gasteiger partial charge in [-0.25, -0.2) is 4.98 Å². The first-order valence-electron chi connectivity index (χ1n) is 8.14. The highest BCUT2D eigenvalue weighted by molar-refractivity contribution is 7.99. The Morgan fingerprint density at radius 1 is 1.24 bits per heavy atom. The van der Waals surface area contributed by atoms with E-state index in [1.54, 1.807) is 0 Å². The van der Waals surface area contributed by atoms with Gasteiger partial charge in [-0.3, -0.25) is 9.18 Å². The average molecular weight is 377 g/mol. The number of fused-ring (bicyclic) bond motifs is 1. The van der Waals surface area contributed by atoms with Gasteiger partial charge < -0.3 is 4.98 Å². The van der Waals surface area contributed by atoms with Crippen LogP contribution in [-0.4, -0.2) is 22.4 Å². The van der Waals surface area contributed by atoms with Crippen LogP contribution in [0.25, 0.3) is 21.3 Å². The van der Waals surface area contributed by atoms with Crippen molar-refractivity contribution in [1.82, 2.24) is 9.97 Å². The van der Waals surface area contributed by atoms with Crippen molar-refractivity contribution in [3.05, 3.63) is 45.1 Å². The van der Waals surface area contributed by atoms with Crippen molar-refractivity contribution >= 4 is 33.3 Å². The molecular weight excluding hydrogens is 355 g/mol. The topological polar surface area (TPSA) is 45.8 Å². The molecule has 0 aliphatic heterocycles. The van der Waals surface area contributed by atoms with Gasteiger partial charge in [0.15, 0.2) is 5.16 Å². The number of aryl methyl sites for hydroxylation is 1. The van der Waals surface area contributed by atoms with Crippen LogP contribution in [0.2, 0.25) is 0 Å². The molecule has 0 aliphatic carbocycles. The number of hydrogen-bond donors (Lipinski definition) is 1. The third-order valence-electron chi connectivity index (χ3n) is 4.07. The zero-order chi connectivity index (χ0) is 18.2. The molecule has 2 heterocycles. The van der Waals surface area contributed by atoms with Crippen LogP contribution in [-0.2, 0) is 5.41 Å². The molecule has 0 saturated carbocycles. The fourth-order valence-corrected chi connectivity index (χ4v) is 4.48. The lowest BCUT2D eigenvalue weighted by Crippen LogP contribution is -2.11. The van der Waals surface area contributed by atoms with E-state index < -0.39 is 6.67 Å². The first kappa shape index (κ1) is 18.1. The van der Waals surface area contributed by atoms with Gasteiger partial charge in [0.1, 0.15) is 4.83 Å². The largest absolute Gasteiger partial charge is 0.301 e. The molecule has 132 valence electrons. The van der Waals surface area contributed by atoms with Gasteiger partial charge in [-0.2, -0.15) is 0 Å². The second-order valence-corrected chi connectivity index (χ2v) is 9.24. The molecule has 6 heteroatoms. The number of aromatic nitrogens is 2. The van der Waals surface area contributed by atoms with Gasteiger partial charge in [0.2, 0.25) is 0 Å². The molecule has 3 rings (SSSR count). The van der Waals surface area contributed by atoms with E-state index in [0.717, 1.165) is 16.0 Å². The molecule has 0 radical (unpaired) electrons. The van der Waals surface area contributed by atoms with E-state index in [1.165, 1.54) is 28.7 Å². The predicted molar refractivity (Wildman–Crippen MR) is 106 cm³/mol. The molecule has 0 amide bonds. The third kappa shape index (κ3) is 3.65. The van der Waals surface area contributed by atoms with Crippen LogP contribution in [0.5, 0.6) is 0 Å². The molecule has 3 nitrogen and oxygen atoms in total. The maximum absolute atomic E-state index is 12.6. The molecule has 0 atom stereocenters. The van der Waals surface area contributed by atoms with E-state index in [2.05, 4.69) is 55.0 Å². The summed E-state index contributed by atoms with van der Waals surface area (Å²) in [6.07, 6.45) is 0. The summed E-state index contributed by atoms with van der Waals surface area (Å²) in [5.74, 6) is 0.292. The van der Waals surface area contributed by atoms with E-state index in [-0.39, 0.29) is 11.0 Å². The summed E-state index contributed by atoms with van der Waals surface area (Å²) < 4.78 is 12.4. The van der Waals surface area contributed by atoms with E-state index in [9.17, 15) is 9.18 Å². The minimum atomic E-state index is -0.443. The molecule has 0 bridgehead atoms. The first-order chi connectivity index (χ1) is 11.8. The number of nitrogens with one attached hydrogen (secondary N) is 1. The molecule has 3 aromatic rings. The summed E-state index contributed by atoms with van der Waals surface area (Å²) in [6, 6.07) is 8.37. The smallest absolute Gasteiger partial charge is 0.260 e. The Bertz CT molecular complexity index is 952. The minimum Gasteiger partial charge on any atom is -0.301 e. The fourth-order valence-electron chi connectivity index (χ4n) is 2.79. The Morgan fingerprint density at radius 3 is 2.52 bits per heavy atom. The molecule has 2 aromatic heterocycles. The van der Waals surface area contributed by atoms with Crippen LogP contribution >= 0.6 is 23.1 Å². The van der Waals surface area contributed by atoms with Gasteiger partial charge in [0.05, 0.1) is 12.1 Å². The summed E-state index contributed by atoms with van der Waals surface area (Å²) in [5.41, 5.74) is 3.15. The monoisotopic (exact) mass is 376 g/mol. The number of H-pyrrole nitrogens is 1. The van der Waals surface area contributed by atoms with Crippen LogP contribution in [0.4, 0.5) is 4.39 Å². The molecule has 25 heavy (non-hydrogen) atoms.